The van der Waals surface area contributed by atoms with Gasteiger partial charge < -0.3 is 19.9 Å². The first-order chi connectivity index (χ1) is 18.4. The molecule has 9 heteroatoms. The lowest BCUT2D eigenvalue weighted by Crippen LogP contribution is -2.41. The van der Waals surface area contributed by atoms with E-state index in [4.69, 9.17) is 14.5 Å². The van der Waals surface area contributed by atoms with Gasteiger partial charge in [0.1, 0.15) is 17.5 Å². The van der Waals surface area contributed by atoms with Crippen LogP contribution < -0.4 is 25.6 Å². The number of anilines is 1. The first-order valence-corrected chi connectivity index (χ1v) is 12.0. The second kappa shape index (κ2) is 10.5. The third kappa shape index (κ3) is 4.94. The molecule has 0 aliphatic rings. The zero-order valence-corrected chi connectivity index (χ0v) is 20.4. The fraction of sp³-hybridized carbons (Fsp3) is 0.138. The molecule has 0 fully saturated rings. The molecule has 0 aliphatic heterocycles. The van der Waals surface area contributed by atoms with Crippen molar-refractivity contribution in [1.82, 2.24) is 9.97 Å². The van der Waals surface area contributed by atoms with Gasteiger partial charge in [-0.05, 0) is 42.1 Å². The molecule has 5 rings (SSSR count). The number of hydrogen-bond acceptors (Lipinski definition) is 8. The van der Waals surface area contributed by atoms with Crippen molar-refractivity contribution in [1.29, 1.82) is 0 Å². The van der Waals surface area contributed by atoms with Crippen LogP contribution >= 0.6 is 0 Å². The molecule has 5 aromatic rings. The van der Waals surface area contributed by atoms with Gasteiger partial charge in [-0.3, -0.25) is 14.6 Å². The molecule has 0 unspecified atom stereocenters. The Kier molecular flexibility index (Phi) is 6.82. The van der Waals surface area contributed by atoms with Crippen molar-refractivity contribution in [3.8, 4) is 28.6 Å². The average Bonchev–Trinajstić information content (AvgIpc) is 2.95. The standard InChI is InChI=1S/C29H23N3O6/c1-2-37-27-24(25(33)26(27)34)31-23(29(35)36)14-17-8-10-20(11-9-17)38-28-21-16-30-13-12-19(21)15-22(32-28)18-6-4-3-5-7-18/h3-13,15-16,23,31H,2,14H2,1H3,(H,35,36)/t23-/m0/s1. The molecule has 0 saturated heterocycles. The third-order valence-corrected chi connectivity index (χ3v) is 6.02. The van der Waals surface area contributed by atoms with Gasteiger partial charge in [-0.15, -0.1) is 0 Å². The van der Waals surface area contributed by atoms with E-state index in [0.29, 0.717) is 17.2 Å². The lowest BCUT2D eigenvalue weighted by Gasteiger charge is -2.19. The number of carboxylic acids is 1. The zero-order valence-electron chi connectivity index (χ0n) is 20.4. The number of hydrogen-bond donors (Lipinski definition) is 2. The topological polar surface area (TPSA) is 128 Å². The van der Waals surface area contributed by atoms with Crippen molar-refractivity contribution in [2.75, 3.05) is 11.9 Å². The fourth-order valence-electron chi connectivity index (χ4n) is 4.09. The summed E-state index contributed by atoms with van der Waals surface area (Å²) in [5.74, 6) is -0.380. The third-order valence-electron chi connectivity index (χ3n) is 6.02. The number of nitrogens with zero attached hydrogens (tertiary/aromatic N) is 2. The van der Waals surface area contributed by atoms with Gasteiger partial charge in [-0.2, -0.15) is 0 Å². The number of aromatic nitrogens is 2. The maximum Gasteiger partial charge on any atom is 0.326 e. The minimum absolute atomic E-state index is 0.0641. The number of ether oxygens (including phenoxy) is 2. The maximum absolute atomic E-state index is 11.9. The Morgan fingerprint density at radius 1 is 1.03 bits per heavy atom. The van der Waals surface area contributed by atoms with Crippen molar-refractivity contribution in [2.24, 2.45) is 0 Å². The summed E-state index contributed by atoms with van der Waals surface area (Å²) in [5.41, 5.74) is 0.757. The predicted octanol–water partition coefficient (Wildman–Crippen LogP) is 4.19. The fourth-order valence-corrected chi connectivity index (χ4v) is 4.09. The van der Waals surface area contributed by atoms with Gasteiger partial charge in [0, 0.05) is 24.4 Å². The van der Waals surface area contributed by atoms with Crippen LogP contribution in [0.2, 0.25) is 0 Å². The van der Waals surface area contributed by atoms with Gasteiger partial charge in [0.05, 0.1) is 17.7 Å². The molecule has 9 nitrogen and oxygen atoms in total. The smallest absolute Gasteiger partial charge is 0.326 e. The van der Waals surface area contributed by atoms with Gasteiger partial charge >= 0.3 is 5.97 Å². The van der Waals surface area contributed by atoms with Crippen molar-refractivity contribution in [3.63, 3.8) is 0 Å². The van der Waals surface area contributed by atoms with Gasteiger partial charge in [-0.1, -0.05) is 42.5 Å². The highest BCUT2D eigenvalue weighted by atomic mass is 16.5. The molecule has 2 heterocycles. The largest absolute Gasteiger partial charge is 0.488 e. The number of aliphatic carboxylic acids is 1. The highest BCUT2D eigenvalue weighted by Crippen LogP contribution is 2.32. The van der Waals surface area contributed by atoms with Crippen LogP contribution in [0.15, 0.2) is 88.7 Å². The molecule has 0 bridgehead atoms. The Bertz CT molecular complexity index is 1680. The van der Waals surface area contributed by atoms with Crippen LogP contribution in [0.3, 0.4) is 0 Å². The summed E-state index contributed by atoms with van der Waals surface area (Å²) in [6.07, 6.45) is 3.47. The van der Waals surface area contributed by atoms with E-state index in [0.717, 1.165) is 22.0 Å². The predicted molar refractivity (Wildman–Crippen MR) is 143 cm³/mol. The van der Waals surface area contributed by atoms with E-state index < -0.39 is 22.9 Å². The quantitative estimate of drug-likeness (QED) is 0.266. The Morgan fingerprint density at radius 3 is 2.50 bits per heavy atom. The Morgan fingerprint density at radius 2 is 1.79 bits per heavy atom. The minimum atomic E-state index is -1.17. The lowest BCUT2D eigenvalue weighted by atomic mass is 10.0. The van der Waals surface area contributed by atoms with E-state index in [1.54, 1.807) is 43.6 Å². The molecule has 2 N–H and O–H groups in total. The van der Waals surface area contributed by atoms with Crippen molar-refractivity contribution in [2.45, 2.75) is 19.4 Å². The van der Waals surface area contributed by atoms with Gasteiger partial charge in [0.15, 0.2) is 5.75 Å². The molecule has 3 aromatic carbocycles. The second-order valence-electron chi connectivity index (χ2n) is 8.56. The van der Waals surface area contributed by atoms with Crippen molar-refractivity contribution in [3.05, 3.63) is 105 Å². The molecule has 0 radical (unpaired) electrons. The average molecular weight is 510 g/mol. The number of carbonyl (C=O) groups is 1. The summed E-state index contributed by atoms with van der Waals surface area (Å²) < 4.78 is 11.3. The van der Waals surface area contributed by atoms with E-state index in [1.807, 2.05) is 42.5 Å². The number of benzene rings is 2. The molecule has 2 aromatic heterocycles. The SMILES string of the molecule is CCOc1c(N[C@@H](Cc2ccc(Oc3nc(-c4ccccc4)cc4ccncc34)cc2)C(=O)O)c(=O)c1=O. The van der Waals surface area contributed by atoms with E-state index in [1.165, 1.54) is 0 Å². The highest BCUT2D eigenvalue weighted by molar-refractivity contribution is 5.89. The summed E-state index contributed by atoms with van der Waals surface area (Å²) in [6.45, 7) is 1.86. The van der Waals surface area contributed by atoms with E-state index >= 15 is 0 Å². The Labute approximate surface area is 217 Å². The van der Waals surface area contributed by atoms with Crippen LogP contribution in [0, 0.1) is 0 Å². The van der Waals surface area contributed by atoms with Gasteiger partial charge in [0.25, 0.3) is 10.9 Å². The summed E-state index contributed by atoms with van der Waals surface area (Å²) in [6, 6.07) is 19.4. The van der Waals surface area contributed by atoms with Gasteiger partial charge in [0.2, 0.25) is 5.88 Å². The molecule has 0 aliphatic carbocycles. The van der Waals surface area contributed by atoms with Crippen LogP contribution in [0.25, 0.3) is 22.0 Å². The van der Waals surface area contributed by atoms with Crippen LogP contribution in [-0.2, 0) is 11.2 Å². The van der Waals surface area contributed by atoms with E-state index in [9.17, 15) is 19.5 Å². The maximum atomic E-state index is 11.9. The zero-order chi connectivity index (χ0) is 26.6. The Hall–Kier alpha value is -5.05. The minimum Gasteiger partial charge on any atom is -0.488 e. The number of nitrogens with one attached hydrogen (secondary N) is 1. The molecule has 0 saturated carbocycles. The number of rotatable bonds is 10. The first kappa shape index (κ1) is 24.6. The van der Waals surface area contributed by atoms with Crippen molar-refractivity contribution >= 4 is 22.4 Å². The summed E-state index contributed by atoms with van der Waals surface area (Å²) in [5, 5.41) is 14.0. The summed E-state index contributed by atoms with van der Waals surface area (Å²) in [4.78, 5) is 44.4. The van der Waals surface area contributed by atoms with E-state index in [-0.39, 0.29) is 24.5 Å². The van der Waals surface area contributed by atoms with Gasteiger partial charge in [-0.25, -0.2) is 9.78 Å². The molecular formula is C29H23N3O6. The van der Waals surface area contributed by atoms with Crippen LogP contribution in [0.1, 0.15) is 12.5 Å². The second-order valence-corrected chi connectivity index (χ2v) is 8.56. The summed E-state index contributed by atoms with van der Waals surface area (Å²) in [7, 11) is 0. The normalized spacial score (nSPS) is 11.8. The number of fused-ring (bicyclic) bond motifs is 1. The molecule has 0 amide bonds. The molecule has 1 atom stereocenters. The lowest BCUT2D eigenvalue weighted by molar-refractivity contribution is -0.137. The van der Waals surface area contributed by atoms with Crippen LogP contribution in [0.4, 0.5) is 5.69 Å². The van der Waals surface area contributed by atoms with E-state index in [2.05, 4.69) is 10.3 Å². The Balaban J connectivity index is 1.36. The summed E-state index contributed by atoms with van der Waals surface area (Å²) >= 11 is 0. The molecular weight excluding hydrogens is 486 g/mol. The molecule has 190 valence electrons. The molecule has 0 spiro atoms. The van der Waals surface area contributed by atoms with Crippen LogP contribution in [-0.4, -0.2) is 33.7 Å². The monoisotopic (exact) mass is 509 g/mol. The number of pyridine rings is 2. The number of carboxylic acid groups (broad SMARTS) is 1. The highest BCUT2D eigenvalue weighted by Gasteiger charge is 2.27. The first-order valence-electron chi connectivity index (χ1n) is 12.0. The van der Waals surface area contributed by atoms with Crippen LogP contribution in [0.5, 0.6) is 17.4 Å². The molecule has 38 heavy (non-hydrogen) atoms. The van der Waals surface area contributed by atoms with Crippen molar-refractivity contribution < 1.29 is 19.4 Å².